The third-order valence-corrected chi connectivity index (χ3v) is 2.58. The predicted octanol–water partition coefficient (Wildman–Crippen LogP) is 2.82. The van der Waals surface area contributed by atoms with E-state index in [4.69, 9.17) is 22.7 Å². The normalized spacial score (nSPS) is 9.94. The standard InChI is InChI=1S/C13H12N2OS/c1-9-4-2-3-5-11(9)16-12-8-15-7-6-10(12)13(14)17/h2-8H,1H3,(H2,14,17). The molecule has 0 unspecified atom stereocenters. The Bertz CT molecular complexity index is 555. The summed E-state index contributed by atoms with van der Waals surface area (Å²) in [5, 5.41) is 0. The minimum Gasteiger partial charge on any atom is -0.455 e. The molecule has 0 radical (unpaired) electrons. The Morgan fingerprint density at radius 2 is 2.00 bits per heavy atom. The molecule has 1 aromatic carbocycles. The zero-order chi connectivity index (χ0) is 12.3. The topological polar surface area (TPSA) is 48.1 Å². The van der Waals surface area contributed by atoms with Gasteiger partial charge in [-0.15, -0.1) is 0 Å². The molecule has 0 bridgehead atoms. The first-order chi connectivity index (χ1) is 8.18. The molecular formula is C13H12N2OS. The smallest absolute Gasteiger partial charge is 0.155 e. The summed E-state index contributed by atoms with van der Waals surface area (Å²) in [6.07, 6.45) is 3.25. The van der Waals surface area contributed by atoms with Crippen LogP contribution < -0.4 is 10.5 Å². The van der Waals surface area contributed by atoms with E-state index in [9.17, 15) is 0 Å². The van der Waals surface area contributed by atoms with Gasteiger partial charge in [0.25, 0.3) is 0 Å². The summed E-state index contributed by atoms with van der Waals surface area (Å²) in [4.78, 5) is 4.32. The Hall–Kier alpha value is -1.94. The number of hydrogen-bond acceptors (Lipinski definition) is 3. The number of hydrogen-bond donors (Lipinski definition) is 1. The zero-order valence-corrected chi connectivity index (χ0v) is 10.2. The van der Waals surface area contributed by atoms with Gasteiger partial charge < -0.3 is 10.5 Å². The fraction of sp³-hybridized carbons (Fsp3) is 0.0769. The maximum Gasteiger partial charge on any atom is 0.155 e. The van der Waals surface area contributed by atoms with Crippen LogP contribution in [0.5, 0.6) is 11.5 Å². The van der Waals surface area contributed by atoms with Crippen LogP contribution in [0.3, 0.4) is 0 Å². The fourth-order valence-corrected chi connectivity index (χ4v) is 1.62. The second-order valence-electron chi connectivity index (χ2n) is 3.60. The minimum absolute atomic E-state index is 0.302. The third kappa shape index (κ3) is 2.60. The lowest BCUT2D eigenvalue weighted by Gasteiger charge is -2.11. The van der Waals surface area contributed by atoms with Crippen LogP contribution in [0.15, 0.2) is 42.7 Å². The molecule has 0 aliphatic carbocycles. The van der Waals surface area contributed by atoms with Gasteiger partial charge in [0.05, 0.1) is 11.8 Å². The molecule has 0 fully saturated rings. The summed E-state index contributed by atoms with van der Waals surface area (Å²) in [5.74, 6) is 1.35. The van der Waals surface area contributed by atoms with Gasteiger partial charge in [-0.1, -0.05) is 30.4 Å². The molecule has 2 N–H and O–H groups in total. The van der Waals surface area contributed by atoms with Crippen molar-refractivity contribution in [3.63, 3.8) is 0 Å². The van der Waals surface area contributed by atoms with Crippen LogP contribution in [0.2, 0.25) is 0 Å². The Balaban J connectivity index is 2.37. The van der Waals surface area contributed by atoms with Crippen molar-refractivity contribution in [2.24, 2.45) is 5.73 Å². The molecule has 1 aromatic heterocycles. The van der Waals surface area contributed by atoms with Gasteiger partial charge in [-0.2, -0.15) is 0 Å². The molecule has 0 aliphatic rings. The van der Waals surface area contributed by atoms with E-state index < -0.39 is 0 Å². The van der Waals surface area contributed by atoms with Crippen LogP contribution in [0.25, 0.3) is 0 Å². The van der Waals surface area contributed by atoms with E-state index in [0.29, 0.717) is 16.3 Å². The highest BCUT2D eigenvalue weighted by Crippen LogP contribution is 2.26. The quantitative estimate of drug-likeness (QED) is 0.843. The average molecular weight is 244 g/mol. The highest BCUT2D eigenvalue weighted by molar-refractivity contribution is 7.80. The average Bonchev–Trinajstić information content (AvgIpc) is 2.32. The molecule has 2 aromatic rings. The van der Waals surface area contributed by atoms with E-state index >= 15 is 0 Å². The van der Waals surface area contributed by atoms with Crippen molar-refractivity contribution in [2.45, 2.75) is 6.92 Å². The SMILES string of the molecule is Cc1ccccc1Oc1cnccc1C(N)=S. The van der Waals surface area contributed by atoms with Crippen LogP contribution >= 0.6 is 12.2 Å². The number of nitrogens with zero attached hydrogens (tertiary/aromatic N) is 1. The molecule has 0 spiro atoms. The number of benzene rings is 1. The molecule has 1 heterocycles. The van der Waals surface area contributed by atoms with Crippen molar-refractivity contribution in [3.05, 3.63) is 53.9 Å². The number of aryl methyl sites for hydroxylation is 1. The number of nitrogens with two attached hydrogens (primary N) is 1. The molecule has 4 heteroatoms. The zero-order valence-electron chi connectivity index (χ0n) is 9.38. The van der Waals surface area contributed by atoms with Crippen LogP contribution in [0, 0.1) is 6.92 Å². The van der Waals surface area contributed by atoms with Crippen LogP contribution in [-0.4, -0.2) is 9.97 Å². The van der Waals surface area contributed by atoms with Crippen molar-refractivity contribution in [3.8, 4) is 11.5 Å². The Morgan fingerprint density at radius 1 is 1.24 bits per heavy atom. The lowest BCUT2D eigenvalue weighted by atomic mass is 10.2. The number of aromatic nitrogens is 1. The molecule has 0 saturated carbocycles. The Morgan fingerprint density at radius 3 is 2.71 bits per heavy atom. The highest BCUT2D eigenvalue weighted by atomic mass is 32.1. The van der Waals surface area contributed by atoms with Gasteiger partial charge >= 0.3 is 0 Å². The van der Waals surface area contributed by atoms with E-state index in [1.54, 1.807) is 18.5 Å². The summed E-state index contributed by atoms with van der Waals surface area (Å²) in [5.41, 5.74) is 7.37. The molecule has 3 nitrogen and oxygen atoms in total. The monoisotopic (exact) mass is 244 g/mol. The van der Waals surface area contributed by atoms with Gasteiger partial charge in [-0.05, 0) is 24.6 Å². The molecule has 0 saturated heterocycles. The Kier molecular flexibility index (Phi) is 3.35. The van der Waals surface area contributed by atoms with E-state index in [-0.39, 0.29) is 0 Å². The van der Waals surface area contributed by atoms with Crippen molar-refractivity contribution in [1.29, 1.82) is 0 Å². The van der Waals surface area contributed by atoms with E-state index in [1.165, 1.54) is 0 Å². The molecule has 86 valence electrons. The molecular weight excluding hydrogens is 232 g/mol. The van der Waals surface area contributed by atoms with Gasteiger partial charge in [0.2, 0.25) is 0 Å². The lowest BCUT2D eigenvalue weighted by Crippen LogP contribution is -2.10. The summed E-state index contributed by atoms with van der Waals surface area (Å²) >= 11 is 4.97. The van der Waals surface area contributed by atoms with E-state index in [2.05, 4.69) is 4.98 Å². The van der Waals surface area contributed by atoms with Crippen LogP contribution in [0.1, 0.15) is 11.1 Å². The number of pyridine rings is 1. The molecule has 0 amide bonds. The summed E-state index contributed by atoms with van der Waals surface area (Å²) in [6, 6.07) is 9.49. The van der Waals surface area contributed by atoms with Gasteiger partial charge in [0.1, 0.15) is 10.7 Å². The first kappa shape index (κ1) is 11.5. The lowest BCUT2D eigenvalue weighted by molar-refractivity contribution is 0.475. The van der Waals surface area contributed by atoms with E-state index in [0.717, 1.165) is 11.3 Å². The summed E-state index contributed by atoms with van der Waals surface area (Å²) in [7, 11) is 0. The predicted molar refractivity (Wildman–Crippen MR) is 71.4 cm³/mol. The van der Waals surface area contributed by atoms with E-state index in [1.807, 2.05) is 31.2 Å². The second kappa shape index (κ2) is 4.93. The van der Waals surface area contributed by atoms with Gasteiger partial charge in [0, 0.05) is 6.20 Å². The van der Waals surface area contributed by atoms with Crippen molar-refractivity contribution in [1.82, 2.24) is 4.98 Å². The van der Waals surface area contributed by atoms with Crippen molar-refractivity contribution in [2.75, 3.05) is 0 Å². The number of thiocarbonyl (C=S) groups is 1. The number of para-hydroxylation sites is 1. The molecule has 17 heavy (non-hydrogen) atoms. The number of ether oxygens (including phenoxy) is 1. The van der Waals surface area contributed by atoms with Crippen molar-refractivity contribution < 1.29 is 4.74 Å². The van der Waals surface area contributed by atoms with Crippen LogP contribution in [-0.2, 0) is 0 Å². The largest absolute Gasteiger partial charge is 0.455 e. The molecule has 2 rings (SSSR count). The minimum atomic E-state index is 0.302. The van der Waals surface area contributed by atoms with Gasteiger partial charge in [-0.25, -0.2) is 0 Å². The first-order valence-electron chi connectivity index (χ1n) is 5.16. The third-order valence-electron chi connectivity index (χ3n) is 2.36. The maximum absolute atomic E-state index is 5.77. The van der Waals surface area contributed by atoms with Crippen LogP contribution in [0.4, 0.5) is 0 Å². The maximum atomic E-state index is 5.77. The van der Waals surface area contributed by atoms with Gasteiger partial charge in [0.15, 0.2) is 5.75 Å². The Labute approximate surface area is 105 Å². The highest BCUT2D eigenvalue weighted by Gasteiger charge is 2.08. The summed E-state index contributed by atoms with van der Waals surface area (Å²) < 4.78 is 5.77. The van der Waals surface area contributed by atoms with Gasteiger partial charge in [-0.3, -0.25) is 4.98 Å². The summed E-state index contributed by atoms with van der Waals surface area (Å²) in [6.45, 7) is 1.98. The molecule has 0 aliphatic heterocycles. The number of rotatable bonds is 3. The molecule has 0 atom stereocenters. The van der Waals surface area contributed by atoms with Crippen molar-refractivity contribution >= 4 is 17.2 Å². The first-order valence-corrected chi connectivity index (χ1v) is 5.56. The second-order valence-corrected chi connectivity index (χ2v) is 4.04. The fourth-order valence-electron chi connectivity index (χ4n) is 1.45.